The van der Waals surface area contributed by atoms with E-state index in [1.165, 1.54) is 6.07 Å². The Bertz CT molecular complexity index is 1010. The van der Waals surface area contributed by atoms with Gasteiger partial charge in [-0.25, -0.2) is 9.07 Å². The van der Waals surface area contributed by atoms with E-state index >= 15 is 0 Å². The van der Waals surface area contributed by atoms with Gasteiger partial charge in [0.2, 0.25) is 5.88 Å². The summed E-state index contributed by atoms with van der Waals surface area (Å²) < 4.78 is 27.5. The number of aliphatic hydroxyl groups is 1. The normalized spacial score (nSPS) is 12.5. The number of hydrogen-bond acceptors (Lipinski definition) is 5. The van der Waals surface area contributed by atoms with Crippen LogP contribution >= 0.6 is 0 Å². The van der Waals surface area contributed by atoms with Crippen molar-refractivity contribution in [1.82, 2.24) is 14.7 Å². The van der Waals surface area contributed by atoms with Gasteiger partial charge in [-0.05, 0) is 25.0 Å². The molecule has 0 saturated heterocycles. The van der Waals surface area contributed by atoms with Crippen LogP contribution in [0, 0.1) is 11.7 Å². The first-order chi connectivity index (χ1) is 15.9. The molecule has 2 aromatic carbocycles. The van der Waals surface area contributed by atoms with Crippen molar-refractivity contribution in [3.63, 3.8) is 0 Å². The fraction of sp³-hybridized carbons (Fsp3) is 0.423. The third-order valence-corrected chi connectivity index (χ3v) is 5.17. The van der Waals surface area contributed by atoms with Gasteiger partial charge in [-0.15, -0.1) is 0 Å². The van der Waals surface area contributed by atoms with Gasteiger partial charge in [0.05, 0.1) is 18.3 Å². The first-order valence-corrected chi connectivity index (χ1v) is 11.4. The van der Waals surface area contributed by atoms with Crippen molar-refractivity contribution < 1.29 is 19.0 Å². The number of para-hydroxylation sites is 1. The van der Waals surface area contributed by atoms with Gasteiger partial charge in [-0.1, -0.05) is 56.3 Å². The Balaban J connectivity index is 1.99. The lowest BCUT2D eigenvalue weighted by atomic mass is 10.1. The molecule has 3 aromatic rings. The number of hydrogen-bond donors (Lipinski definition) is 1. The minimum Gasteiger partial charge on any atom is -0.436 e. The number of aliphatic hydroxyl groups excluding tert-OH is 1. The number of aromatic nitrogens is 2. The monoisotopic (exact) mass is 455 g/mol. The number of aryl methyl sites for hydroxylation is 1. The van der Waals surface area contributed by atoms with Crippen LogP contribution in [0.15, 0.2) is 54.6 Å². The summed E-state index contributed by atoms with van der Waals surface area (Å²) >= 11 is 0. The Labute approximate surface area is 195 Å². The third-order valence-electron chi connectivity index (χ3n) is 5.17. The molecule has 0 fully saturated rings. The Hall–Kier alpha value is -2.74. The van der Waals surface area contributed by atoms with E-state index in [2.05, 4.69) is 18.7 Å². The summed E-state index contributed by atoms with van der Waals surface area (Å²) in [6.45, 7) is 8.73. The van der Waals surface area contributed by atoms with Gasteiger partial charge < -0.3 is 14.6 Å². The van der Waals surface area contributed by atoms with Gasteiger partial charge in [-0.3, -0.25) is 4.90 Å². The first kappa shape index (κ1) is 24.9. The summed E-state index contributed by atoms with van der Waals surface area (Å²) in [5.74, 6) is 0.578. The Kier molecular flexibility index (Phi) is 9.00. The summed E-state index contributed by atoms with van der Waals surface area (Å²) in [5.41, 5.74) is 2.57. The highest BCUT2D eigenvalue weighted by atomic mass is 19.1. The zero-order valence-corrected chi connectivity index (χ0v) is 19.9. The average molecular weight is 456 g/mol. The molecule has 1 heterocycles. The summed E-state index contributed by atoms with van der Waals surface area (Å²) in [6.07, 6.45) is -0.614. The second kappa shape index (κ2) is 11.9. The zero-order chi connectivity index (χ0) is 23.8. The lowest BCUT2D eigenvalue weighted by Gasteiger charge is -2.27. The van der Waals surface area contributed by atoms with Crippen LogP contribution in [0.2, 0.25) is 0 Å². The lowest BCUT2D eigenvalue weighted by Crippen LogP contribution is -2.37. The van der Waals surface area contributed by atoms with E-state index in [-0.39, 0.29) is 12.4 Å². The predicted octanol–water partition coefficient (Wildman–Crippen LogP) is 4.87. The molecule has 0 aliphatic rings. The maximum Gasteiger partial charge on any atom is 0.222 e. The van der Waals surface area contributed by atoms with E-state index in [0.29, 0.717) is 31.5 Å². The fourth-order valence-corrected chi connectivity index (χ4v) is 3.83. The largest absolute Gasteiger partial charge is 0.436 e. The first-order valence-electron chi connectivity index (χ1n) is 11.4. The molecule has 7 heteroatoms. The summed E-state index contributed by atoms with van der Waals surface area (Å²) in [7, 11) is 1.79. The Morgan fingerprint density at radius 1 is 1.06 bits per heavy atom. The van der Waals surface area contributed by atoms with Gasteiger partial charge in [0.1, 0.15) is 5.69 Å². The molecular formula is C26H34FN3O3. The third kappa shape index (κ3) is 6.87. The van der Waals surface area contributed by atoms with E-state index in [1.54, 1.807) is 29.9 Å². The maximum absolute atomic E-state index is 14.4. The van der Waals surface area contributed by atoms with Crippen LogP contribution in [0.5, 0.6) is 11.6 Å². The van der Waals surface area contributed by atoms with Crippen molar-refractivity contribution in [1.29, 1.82) is 0 Å². The van der Waals surface area contributed by atoms with Gasteiger partial charge in [-0.2, -0.15) is 5.10 Å². The highest BCUT2D eigenvalue weighted by molar-refractivity contribution is 5.65. The van der Waals surface area contributed by atoms with E-state index < -0.39 is 11.9 Å². The molecule has 1 atom stereocenters. The molecule has 6 nitrogen and oxygen atoms in total. The maximum atomic E-state index is 14.4. The van der Waals surface area contributed by atoms with Crippen molar-refractivity contribution in [2.24, 2.45) is 13.0 Å². The van der Waals surface area contributed by atoms with Crippen LogP contribution in [0.3, 0.4) is 0 Å². The second-order valence-electron chi connectivity index (χ2n) is 8.56. The molecule has 1 N–H and O–H groups in total. The lowest BCUT2D eigenvalue weighted by molar-refractivity contribution is 0.0174. The molecule has 1 aromatic heterocycles. The highest BCUT2D eigenvalue weighted by Crippen LogP contribution is 2.35. The number of rotatable bonds is 12. The molecule has 33 heavy (non-hydrogen) atoms. The molecule has 0 radical (unpaired) electrons. The van der Waals surface area contributed by atoms with Gasteiger partial charge in [0.25, 0.3) is 0 Å². The van der Waals surface area contributed by atoms with Gasteiger partial charge >= 0.3 is 0 Å². The zero-order valence-electron chi connectivity index (χ0n) is 19.9. The van der Waals surface area contributed by atoms with Crippen LogP contribution < -0.4 is 4.74 Å². The molecule has 0 spiro atoms. The molecule has 0 amide bonds. The van der Waals surface area contributed by atoms with Gasteiger partial charge in [0, 0.05) is 38.9 Å². The summed E-state index contributed by atoms with van der Waals surface area (Å²) in [4.78, 5) is 2.17. The second-order valence-corrected chi connectivity index (χ2v) is 8.56. The molecule has 0 aliphatic heterocycles. The molecule has 0 bridgehead atoms. The van der Waals surface area contributed by atoms with Crippen molar-refractivity contribution in [3.05, 3.63) is 66.0 Å². The summed E-state index contributed by atoms with van der Waals surface area (Å²) in [6, 6.07) is 16.2. The van der Waals surface area contributed by atoms with E-state index in [1.807, 2.05) is 37.3 Å². The number of halogens is 1. The minimum absolute atomic E-state index is 0.146. The summed E-state index contributed by atoms with van der Waals surface area (Å²) in [5, 5.41) is 15.2. The topological polar surface area (TPSA) is 59.8 Å². The van der Waals surface area contributed by atoms with Gasteiger partial charge in [0.15, 0.2) is 11.6 Å². The van der Waals surface area contributed by atoms with Crippen LogP contribution in [0.4, 0.5) is 4.39 Å². The highest BCUT2D eigenvalue weighted by Gasteiger charge is 2.24. The fourth-order valence-electron chi connectivity index (χ4n) is 3.83. The van der Waals surface area contributed by atoms with E-state index in [9.17, 15) is 9.50 Å². The molecular weight excluding hydrogens is 421 g/mol. The molecule has 0 saturated carbocycles. The Morgan fingerprint density at radius 2 is 1.76 bits per heavy atom. The smallest absolute Gasteiger partial charge is 0.222 e. The van der Waals surface area contributed by atoms with Crippen LogP contribution in [-0.4, -0.2) is 52.2 Å². The number of benzene rings is 2. The minimum atomic E-state index is -0.614. The average Bonchev–Trinajstić information content (AvgIpc) is 3.09. The number of ether oxygens (including phenoxy) is 2. The number of nitrogens with zero attached hydrogens (tertiary/aromatic N) is 3. The standard InChI is InChI=1S/C26H34FN3O3/c1-5-32-18-21(31)16-30(15-19(2)3)17-22-25(20-11-7-6-8-12-20)28-29(4)26(22)33-24-14-10-9-13-23(24)27/h6-14,19,21,31H,5,15-18H2,1-4H3/t21-/m1/s1. The molecule has 0 unspecified atom stereocenters. The SMILES string of the molecule is CCOC[C@H](O)CN(Cc1c(-c2ccccc2)nn(C)c1Oc1ccccc1F)CC(C)C. The van der Waals surface area contributed by atoms with Crippen molar-refractivity contribution in [3.8, 4) is 22.9 Å². The van der Waals surface area contributed by atoms with Crippen LogP contribution in [0.1, 0.15) is 26.3 Å². The molecule has 0 aliphatic carbocycles. The van der Waals surface area contributed by atoms with E-state index in [0.717, 1.165) is 23.4 Å². The predicted molar refractivity (Wildman–Crippen MR) is 128 cm³/mol. The molecule has 3 rings (SSSR count). The Morgan fingerprint density at radius 3 is 2.42 bits per heavy atom. The van der Waals surface area contributed by atoms with Crippen molar-refractivity contribution >= 4 is 0 Å². The van der Waals surface area contributed by atoms with Crippen LogP contribution in [0.25, 0.3) is 11.3 Å². The molecule has 178 valence electrons. The van der Waals surface area contributed by atoms with Crippen molar-refractivity contribution in [2.75, 3.05) is 26.3 Å². The quantitative estimate of drug-likeness (QED) is 0.422. The van der Waals surface area contributed by atoms with E-state index in [4.69, 9.17) is 14.6 Å². The van der Waals surface area contributed by atoms with Crippen molar-refractivity contribution in [2.45, 2.75) is 33.4 Å². The van der Waals surface area contributed by atoms with Crippen LogP contribution in [-0.2, 0) is 18.3 Å².